The number of esters is 1. The molecule has 0 aromatic carbocycles. The Morgan fingerprint density at radius 2 is 2.33 bits per heavy atom. The van der Waals surface area contributed by atoms with E-state index in [0.717, 1.165) is 25.8 Å². The van der Waals surface area contributed by atoms with E-state index in [0.29, 0.717) is 25.8 Å². The van der Waals surface area contributed by atoms with E-state index in [-0.39, 0.29) is 12.1 Å². The molecule has 3 atom stereocenters. The van der Waals surface area contributed by atoms with E-state index in [1.807, 2.05) is 11.8 Å². The molecule has 2 heterocycles. The van der Waals surface area contributed by atoms with Crippen LogP contribution in [0.15, 0.2) is 0 Å². The van der Waals surface area contributed by atoms with Crippen LogP contribution in [0.5, 0.6) is 0 Å². The highest BCUT2D eigenvalue weighted by Gasteiger charge is 2.50. The summed E-state index contributed by atoms with van der Waals surface area (Å²) < 4.78 is 5.37. The van der Waals surface area contributed by atoms with Crippen LogP contribution >= 0.6 is 0 Å². The van der Waals surface area contributed by atoms with Gasteiger partial charge in [-0.25, -0.2) is 0 Å². The highest BCUT2D eigenvalue weighted by Crippen LogP contribution is 2.36. The summed E-state index contributed by atoms with van der Waals surface area (Å²) in [5, 5.41) is 20.3. The zero-order valence-corrected chi connectivity index (χ0v) is 11.0. The molecule has 104 valence electrons. The second kappa shape index (κ2) is 5.55. The average Bonchev–Trinajstić information content (AvgIpc) is 2.70. The summed E-state index contributed by atoms with van der Waals surface area (Å²) in [5.74, 6) is -0.196. The van der Waals surface area contributed by atoms with Gasteiger partial charge in [0.25, 0.3) is 0 Å². The minimum absolute atomic E-state index is 0.196. The Morgan fingerprint density at radius 1 is 1.56 bits per heavy atom. The van der Waals surface area contributed by atoms with Gasteiger partial charge in [-0.1, -0.05) is 13.3 Å². The largest absolute Gasteiger partial charge is 0.461 e. The molecule has 0 aliphatic carbocycles. The quantitative estimate of drug-likeness (QED) is 0.723. The predicted molar refractivity (Wildman–Crippen MR) is 65.8 cm³/mol. The highest BCUT2D eigenvalue weighted by atomic mass is 16.5. The maximum absolute atomic E-state index is 11.6. The fraction of sp³-hybridized carbons (Fsp3) is 0.923. The van der Waals surface area contributed by atoms with E-state index in [2.05, 4.69) is 0 Å². The number of piperidine rings is 1. The van der Waals surface area contributed by atoms with Crippen LogP contribution in [0, 0.1) is 0 Å². The molecule has 0 aromatic rings. The van der Waals surface area contributed by atoms with E-state index in [1.165, 1.54) is 0 Å². The van der Waals surface area contributed by atoms with Crippen LogP contribution in [0.4, 0.5) is 0 Å². The van der Waals surface area contributed by atoms with E-state index in [1.54, 1.807) is 0 Å². The Labute approximate surface area is 108 Å². The lowest BCUT2D eigenvalue weighted by Crippen LogP contribution is -2.60. The van der Waals surface area contributed by atoms with Crippen molar-refractivity contribution in [1.29, 1.82) is 0 Å². The minimum Gasteiger partial charge on any atom is -0.461 e. The Kier molecular flexibility index (Phi) is 4.25. The summed E-state index contributed by atoms with van der Waals surface area (Å²) in [6.45, 7) is 3.32. The Bertz CT molecular complexity index is 309. The molecule has 0 radical (unpaired) electrons. The zero-order valence-electron chi connectivity index (χ0n) is 11.0. The molecule has 0 amide bonds. The molecule has 2 aliphatic rings. The van der Waals surface area contributed by atoms with Crippen molar-refractivity contribution in [1.82, 2.24) is 4.90 Å². The van der Waals surface area contributed by atoms with E-state index in [9.17, 15) is 15.0 Å². The summed E-state index contributed by atoms with van der Waals surface area (Å²) in [7, 11) is 0. The molecule has 2 rings (SSSR count). The van der Waals surface area contributed by atoms with Crippen molar-refractivity contribution >= 4 is 5.97 Å². The zero-order chi connectivity index (χ0) is 13.2. The number of aliphatic hydroxyl groups excluding tert-OH is 1. The van der Waals surface area contributed by atoms with E-state index in [4.69, 9.17) is 4.74 Å². The molecule has 0 spiro atoms. The van der Waals surface area contributed by atoms with Crippen LogP contribution in [-0.2, 0) is 9.53 Å². The van der Waals surface area contributed by atoms with Crippen LogP contribution in [-0.4, -0.2) is 52.1 Å². The summed E-state index contributed by atoms with van der Waals surface area (Å²) in [4.78, 5) is 13.4. The Morgan fingerprint density at radius 3 is 3.06 bits per heavy atom. The van der Waals surface area contributed by atoms with E-state index >= 15 is 0 Å². The molecule has 3 unspecified atom stereocenters. The van der Waals surface area contributed by atoms with Gasteiger partial charge in [0, 0.05) is 25.9 Å². The normalized spacial score (nSPS) is 36.4. The third kappa shape index (κ3) is 2.68. The summed E-state index contributed by atoms with van der Waals surface area (Å²) in [6, 6.07) is 0. The van der Waals surface area contributed by atoms with Gasteiger partial charge in [-0.15, -0.1) is 0 Å². The lowest BCUT2D eigenvalue weighted by Gasteiger charge is -2.44. The van der Waals surface area contributed by atoms with Gasteiger partial charge in [-0.3, -0.25) is 9.69 Å². The molecule has 2 aliphatic heterocycles. The first-order valence-electron chi connectivity index (χ1n) is 6.91. The molecule has 0 saturated carbocycles. The lowest BCUT2D eigenvalue weighted by molar-refractivity contribution is -0.208. The summed E-state index contributed by atoms with van der Waals surface area (Å²) >= 11 is 0. The van der Waals surface area contributed by atoms with Crippen molar-refractivity contribution < 1.29 is 19.7 Å². The van der Waals surface area contributed by atoms with Gasteiger partial charge in [0.05, 0.1) is 6.10 Å². The van der Waals surface area contributed by atoms with Crippen LogP contribution in [0.2, 0.25) is 0 Å². The van der Waals surface area contributed by atoms with Crippen LogP contribution in [0.3, 0.4) is 0 Å². The van der Waals surface area contributed by atoms with Crippen molar-refractivity contribution in [3.8, 4) is 0 Å². The SMILES string of the molecule is CCCCC(=O)OC1CC(O)C2(O)CCCN2C1. The van der Waals surface area contributed by atoms with Gasteiger partial charge in [0.2, 0.25) is 0 Å². The van der Waals surface area contributed by atoms with Crippen molar-refractivity contribution in [2.45, 2.75) is 63.4 Å². The molecular weight excluding hydrogens is 234 g/mol. The number of fused-ring (bicyclic) bond motifs is 1. The number of rotatable bonds is 4. The fourth-order valence-corrected chi connectivity index (χ4v) is 2.92. The number of ether oxygens (including phenoxy) is 1. The minimum atomic E-state index is -1.09. The number of unbranched alkanes of at least 4 members (excludes halogenated alkanes) is 1. The second-order valence-corrected chi connectivity index (χ2v) is 5.40. The number of nitrogens with zero attached hydrogens (tertiary/aromatic N) is 1. The van der Waals surface area contributed by atoms with Gasteiger partial charge < -0.3 is 14.9 Å². The average molecular weight is 257 g/mol. The topological polar surface area (TPSA) is 70.0 Å². The second-order valence-electron chi connectivity index (χ2n) is 5.40. The van der Waals surface area contributed by atoms with Gasteiger partial charge in [-0.2, -0.15) is 0 Å². The van der Waals surface area contributed by atoms with Crippen molar-refractivity contribution in [3.05, 3.63) is 0 Å². The third-order valence-electron chi connectivity index (χ3n) is 4.00. The smallest absolute Gasteiger partial charge is 0.306 e. The first kappa shape index (κ1) is 13.8. The van der Waals surface area contributed by atoms with Crippen LogP contribution in [0.1, 0.15) is 45.4 Å². The van der Waals surface area contributed by atoms with Crippen molar-refractivity contribution in [3.63, 3.8) is 0 Å². The summed E-state index contributed by atoms with van der Waals surface area (Å²) in [6.07, 6.45) is 2.95. The first-order chi connectivity index (χ1) is 8.56. The van der Waals surface area contributed by atoms with Gasteiger partial charge in [-0.05, 0) is 19.3 Å². The first-order valence-corrected chi connectivity index (χ1v) is 6.91. The number of carbonyl (C=O) groups excluding carboxylic acids is 1. The van der Waals surface area contributed by atoms with Crippen molar-refractivity contribution in [2.24, 2.45) is 0 Å². The lowest BCUT2D eigenvalue weighted by atomic mass is 9.93. The molecule has 0 aromatic heterocycles. The predicted octanol–water partition coefficient (Wildman–Crippen LogP) is 0.637. The third-order valence-corrected chi connectivity index (χ3v) is 4.00. The maximum atomic E-state index is 11.6. The van der Waals surface area contributed by atoms with Crippen LogP contribution in [0.25, 0.3) is 0 Å². The highest BCUT2D eigenvalue weighted by molar-refractivity contribution is 5.69. The molecule has 2 N–H and O–H groups in total. The molecule has 2 saturated heterocycles. The number of carbonyl (C=O) groups is 1. The summed E-state index contributed by atoms with van der Waals surface area (Å²) in [5.41, 5.74) is -1.09. The number of aliphatic hydroxyl groups is 2. The van der Waals surface area contributed by atoms with Gasteiger partial charge in [0.1, 0.15) is 11.8 Å². The van der Waals surface area contributed by atoms with Gasteiger partial charge in [0.15, 0.2) is 0 Å². The number of hydrogen-bond donors (Lipinski definition) is 2. The molecule has 0 bridgehead atoms. The van der Waals surface area contributed by atoms with Crippen LogP contribution < -0.4 is 0 Å². The fourth-order valence-electron chi connectivity index (χ4n) is 2.92. The Hall–Kier alpha value is -0.650. The number of hydrogen-bond acceptors (Lipinski definition) is 5. The standard InChI is InChI=1S/C13H23NO4/c1-2-3-5-12(16)18-10-8-11(15)13(17)6-4-7-14(13)9-10/h10-11,15,17H,2-9H2,1H3. The molecule has 18 heavy (non-hydrogen) atoms. The molecule has 2 fully saturated rings. The maximum Gasteiger partial charge on any atom is 0.306 e. The molecular formula is C13H23NO4. The monoisotopic (exact) mass is 257 g/mol. The van der Waals surface area contributed by atoms with Gasteiger partial charge >= 0.3 is 5.97 Å². The molecule has 5 heteroatoms. The molecule has 5 nitrogen and oxygen atoms in total. The van der Waals surface area contributed by atoms with E-state index < -0.39 is 11.8 Å². The van der Waals surface area contributed by atoms with Crippen molar-refractivity contribution in [2.75, 3.05) is 13.1 Å². The Balaban J connectivity index is 1.87.